The van der Waals surface area contributed by atoms with Crippen LogP contribution in [0.4, 0.5) is 0 Å². The van der Waals surface area contributed by atoms with E-state index in [2.05, 4.69) is 13.8 Å². The summed E-state index contributed by atoms with van der Waals surface area (Å²) in [6.07, 6.45) is 1.16. The molecular weight excluding hydrogens is 112 g/mol. The van der Waals surface area contributed by atoms with Crippen LogP contribution in [0.15, 0.2) is 0 Å². The number of rotatable bonds is 4. The Kier molecular flexibility index (Phi) is 4.72. The summed E-state index contributed by atoms with van der Waals surface area (Å²) in [6, 6.07) is 0. The molecule has 0 spiro atoms. The third kappa shape index (κ3) is 4.43. The highest BCUT2D eigenvalue weighted by Gasteiger charge is 2.05. The Hall–Kier alpha value is -0.0800. The van der Waals surface area contributed by atoms with Gasteiger partial charge in [0.2, 0.25) is 0 Å². The Morgan fingerprint density at radius 3 is 1.67 bits per heavy atom. The molecule has 0 aliphatic rings. The summed E-state index contributed by atoms with van der Waals surface area (Å²) in [6.45, 7) is 5.85. The Morgan fingerprint density at radius 2 is 1.56 bits per heavy atom. The molecule has 0 saturated heterocycles. The van der Waals surface area contributed by atoms with E-state index in [4.69, 9.17) is 11.5 Å². The Bertz CT molecular complexity index is 57.9. The van der Waals surface area contributed by atoms with Crippen molar-refractivity contribution in [3.63, 3.8) is 0 Å². The zero-order chi connectivity index (χ0) is 7.28. The summed E-state index contributed by atoms with van der Waals surface area (Å²) in [5.41, 5.74) is 10.9. The van der Waals surface area contributed by atoms with Crippen LogP contribution in [-0.2, 0) is 0 Å². The largest absolute Gasteiger partial charge is 0.330 e. The van der Waals surface area contributed by atoms with Gasteiger partial charge in [-0.3, -0.25) is 0 Å². The number of nitrogens with two attached hydrogens (primary N) is 2. The molecule has 0 amide bonds. The molecule has 56 valence electrons. The van der Waals surface area contributed by atoms with E-state index in [-0.39, 0.29) is 0 Å². The smallest absolute Gasteiger partial charge is 0.00367 e. The number of hydrogen-bond acceptors (Lipinski definition) is 2. The third-order valence-electron chi connectivity index (χ3n) is 1.47. The highest BCUT2D eigenvalue weighted by molar-refractivity contribution is 4.61. The van der Waals surface area contributed by atoms with Gasteiger partial charge in [0.05, 0.1) is 0 Å². The van der Waals surface area contributed by atoms with Gasteiger partial charge in [0.25, 0.3) is 0 Å². The summed E-state index contributed by atoms with van der Waals surface area (Å²) in [7, 11) is 0. The van der Waals surface area contributed by atoms with Crippen LogP contribution < -0.4 is 11.5 Å². The van der Waals surface area contributed by atoms with E-state index in [9.17, 15) is 0 Å². The lowest BCUT2D eigenvalue weighted by atomic mass is 9.98. The summed E-state index contributed by atoms with van der Waals surface area (Å²) >= 11 is 0. The average Bonchev–Trinajstić information content (AvgIpc) is 1.82. The van der Waals surface area contributed by atoms with Crippen molar-refractivity contribution in [2.45, 2.75) is 20.3 Å². The molecule has 2 heteroatoms. The molecule has 0 fully saturated rings. The molecule has 0 bridgehead atoms. The Morgan fingerprint density at radius 1 is 1.11 bits per heavy atom. The van der Waals surface area contributed by atoms with Crippen molar-refractivity contribution in [2.24, 2.45) is 23.3 Å². The summed E-state index contributed by atoms with van der Waals surface area (Å²) in [5, 5.41) is 0. The van der Waals surface area contributed by atoms with Gasteiger partial charge in [-0.15, -0.1) is 0 Å². The second-order valence-corrected chi connectivity index (χ2v) is 2.97. The highest BCUT2D eigenvalue weighted by atomic mass is 14.6. The first-order valence-corrected chi connectivity index (χ1v) is 3.60. The van der Waals surface area contributed by atoms with Gasteiger partial charge in [-0.25, -0.2) is 0 Å². The van der Waals surface area contributed by atoms with Crippen LogP contribution in [-0.4, -0.2) is 13.1 Å². The van der Waals surface area contributed by atoms with Crippen molar-refractivity contribution in [2.75, 3.05) is 13.1 Å². The maximum absolute atomic E-state index is 5.45. The van der Waals surface area contributed by atoms with E-state index in [0.717, 1.165) is 25.4 Å². The van der Waals surface area contributed by atoms with E-state index >= 15 is 0 Å². The van der Waals surface area contributed by atoms with Gasteiger partial charge in [0.15, 0.2) is 0 Å². The van der Waals surface area contributed by atoms with Gasteiger partial charge in [-0.2, -0.15) is 0 Å². The van der Waals surface area contributed by atoms with E-state index < -0.39 is 0 Å². The van der Waals surface area contributed by atoms with Crippen LogP contribution in [0.2, 0.25) is 0 Å². The second-order valence-electron chi connectivity index (χ2n) is 2.97. The predicted molar refractivity (Wildman–Crippen MR) is 41.1 cm³/mol. The van der Waals surface area contributed by atoms with Gasteiger partial charge < -0.3 is 11.5 Å². The van der Waals surface area contributed by atoms with E-state index in [0.29, 0.717) is 5.92 Å². The lowest BCUT2D eigenvalue weighted by molar-refractivity contribution is 0.425. The summed E-state index contributed by atoms with van der Waals surface area (Å²) in [4.78, 5) is 0. The van der Waals surface area contributed by atoms with Crippen molar-refractivity contribution in [1.29, 1.82) is 0 Å². The molecule has 0 atom stereocenters. The first-order valence-electron chi connectivity index (χ1n) is 3.60. The zero-order valence-corrected chi connectivity index (χ0v) is 6.43. The monoisotopic (exact) mass is 130 g/mol. The van der Waals surface area contributed by atoms with Crippen molar-refractivity contribution >= 4 is 0 Å². The first-order chi connectivity index (χ1) is 4.20. The van der Waals surface area contributed by atoms with Gasteiger partial charge in [-0.1, -0.05) is 13.8 Å². The molecule has 0 heterocycles. The minimum absolute atomic E-state index is 0.532. The van der Waals surface area contributed by atoms with Crippen molar-refractivity contribution < 1.29 is 0 Å². The summed E-state index contributed by atoms with van der Waals surface area (Å²) < 4.78 is 0. The zero-order valence-electron chi connectivity index (χ0n) is 6.43. The third-order valence-corrected chi connectivity index (χ3v) is 1.47. The fourth-order valence-corrected chi connectivity index (χ4v) is 0.955. The topological polar surface area (TPSA) is 52.0 Å². The fraction of sp³-hybridized carbons (Fsp3) is 1.00. The van der Waals surface area contributed by atoms with Gasteiger partial charge in [0.1, 0.15) is 0 Å². The molecule has 0 radical (unpaired) electrons. The quantitative estimate of drug-likeness (QED) is 0.584. The maximum Gasteiger partial charge on any atom is -0.00367 e. The van der Waals surface area contributed by atoms with Crippen molar-refractivity contribution in [3.05, 3.63) is 0 Å². The van der Waals surface area contributed by atoms with Crippen LogP contribution in [0.25, 0.3) is 0 Å². The van der Waals surface area contributed by atoms with Crippen LogP contribution in [0.5, 0.6) is 0 Å². The average molecular weight is 130 g/mol. The molecule has 9 heavy (non-hydrogen) atoms. The minimum Gasteiger partial charge on any atom is -0.330 e. The molecule has 2 nitrogen and oxygen atoms in total. The van der Waals surface area contributed by atoms with E-state index in [1.807, 2.05) is 0 Å². The molecule has 0 aliphatic carbocycles. The predicted octanol–water partition coefficient (Wildman–Crippen LogP) is 0.566. The van der Waals surface area contributed by atoms with Gasteiger partial charge >= 0.3 is 0 Å². The molecule has 0 saturated carbocycles. The van der Waals surface area contributed by atoms with Gasteiger partial charge in [0, 0.05) is 0 Å². The molecule has 0 aromatic heterocycles. The van der Waals surface area contributed by atoms with Crippen LogP contribution >= 0.6 is 0 Å². The minimum atomic E-state index is 0.532. The van der Waals surface area contributed by atoms with Gasteiger partial charge in [-0.05, 0) is 31.3 Å². The molecule has 0 aromatic rings. The second kappa shape index (κ2) is 4.77. The highest BCUT2D eigenvalue weighted by Crippen LogP contribution is 2.07. The van der Waals surface area contributed by atoms with Crippen molar-refractivity contribution in [3.8, 4) is 0 Å². The SMILES string of the molecule is CC(C)CC(CN)CN. The van der Waals surface area contributed by atoms with E-state index in [1.54, 1.807) is 0 Å². The Balaban J connectivity index is 3.31. The van der Waals surface area contributed by atoms with Crippen LogP contribution in [0.1, 0.15) is 20.3 Å². The molecular formula is C7H18N2. The fourth-order valence-electron chi connectivity index (χ4n) is 0.955. The lowest BCUT2D eigenvalue weighted by Crippen LogP contribution is -2.24. The van der Waals surface area contributed by atoms with E-state index in [1.165, 1.54) is 0 Å². The molecule has 0 rings (SSSR count). The van der Waals surface area contributed by atoms with Crippen LogP contribution in [0, 0.1) is 11.8 Å². The molecule has 0 aliphatic heterocycles. The Labute approximate surface area is 57.6 Å². The van der Waals surface area contributed by atoms with Crippen molar-refractivity contribution in [1.82, 2.24) is 0 Å². The molecule has 0 unspecified atom stereocenters. The normalized spacial score (nSPS) is 11.3. The van der Waals surface area contributed by atoms with Crippen LogP contribution in [0.3, 0.4) is 0 Å². The summed E-state index contributed by atoms with van der Waals surface area (Å²) in [5.74, 6) is 1.26. The number of hydrogen-bond donors (Lipinski definition) is 2. The maximum atomic E-state index is 5.45. The standard InChI is InChI=1S/C7H18N2/c1-6(2)3-7(4-8)5-9/h6-7H,3-5,8-9H2,1-2H3. The first kappa shape index (κ1) is 8.92. The molecule has 4 N–H and O–H groups in total. The molecule has 0 aromatic carbocycles. The lowest BCUT2D eigenvalue weighted by Gasteiger charge is -2.13.